The van der Waals surface area contributed by atoms with Crippen molar-refractivity contribution in [3.63, 3.8) is 0 Å². The zero-order chi connectivity index (χ0) is 16.4. The molecule has 1 saturated heterocycles. The number of hydrogen-bond donors (Lipinski definition) is 2. The SMILES string of the molecule is Cc1nn(-c2ccccc2)c(C)c1NC(=O)[C@H]1CCN[C@@H](C)C1. The molecule has 0 spiro atoms. The van der Waals surface area contributed by atoms with Crippen molar-refractivity contribution in [2.75, 3.05) is 11.9 Å². The Hall–Kier alpha value is -2.14. The van der Waals surface area contributed by atoms with E-state index >= 15 is 0 Å². The number of aromatic nitrogens is 2. The van der Waals surface area contributed by atoms with E-state index in [0.29, 0.717) is 6.04 Å². The van der Waals surface area contributed by atoms with Crippen LogP contribution in [0.3, 0.4) is 0 Å². The van der Waals surface area contributed by atoms with E-state index in [2.05, 4.69) is 22.7 Å². The van der Waals surface area contributed by atoms with Crippen LogP contribution < -0.4 is 10.6 Å². The van der Waals surface area contributed by atoms with Gasteiger partial charge in [-0.3, -0.25) is 4.79 Å². The average molecular weight is 312 g/mol. The summed E-state index contributed by atoms with van der Waals surface area (Å²) in [5.74, 6) is 0.183. The molecule has 0 saturated carbocycles. The molecule has 1 fully saturated rings. The van der Waals surface area contributed by atoms with Gasteiger partial charge >= 0.3 is 0 Å². The summed E-state index contributed by atoms with van der Waals surface area (Å²) in [4.78, 5) is 12.6. The number of anilines is 1. The smallest absolute Gasteiger partial charge is 0.227 e. The van der Waals surface area contributed by atoms with Crippen LogP contribution in [-0.4, -0.2) is 28.3 Å². The predicted octanol–water partition coefficient (Wildman–Crippen LogP) is 2.82. The zero-order valence-corrected chi connectivity index (χ0v) is 14.0. The highest BCUT2D eigenvalue weighted by Gasteiger charge is 2.26. The molecule has 2 atom stereocenters. The Balaban J connectivity index is 1.81. The summed E-state index contributed by atoms with van der Waals surface area (Å²) in [6.07, 6.45) is 1.78. The van der Waals surface area contributed by atoms with E-state index in [1.807, 2.05) is 48.9 Å². The molecule has 2 heterocycles. The van der Waals surface area contributed by atoms with Gasteiger partial charge in [0.2, 0.25) is 5.91 Å². The lowest BCUT2D eigenvalue weighted by atomic mass is 9.92. The van der Waals surface area contributed by atoms with E-state index in [1.54, 1.807) is 0 Å². The molecule has 0 unspecified atom stereocenters. The van der Waals surface area contributed by atoms with Crippen LogP contribution in [0.25, 0.3) is 5.69 Å². The number of hydrogen-bond acceptors (Lipinski definition) is 3. The minimum absolute atomic E-state index is 0.0742. The number of carbonyl (C=O) groups is 1. The fourth-order valence-electron chi connectivity index (χ4n) is 3.24. The van der Waals surface area contributed by atoms with E-state index in [-0.39, 0.29) is 11.8 Å². The second-order valence-corrected chi connectivity index (χ2v) is 6.36. The summed E-state index contributed by atoms with van der Waals surface area (Å²) >= 11 is 0. The van der Waals surface area contributed by atoms with Crippen molar-refractivity contribution in [1.29, 1.82) is 0 Å². The van der Waals surface area contributed by atoms with Gasteiger partial charge in [-0.1, -0.05) is 18.2 Å². The third-order valence-electron chi connectivity index (χ3n) is 4.53. The van der Waals surface area contributed by atoms with Gasteiger partial charge in [0.15, 0.2) is 0 Å². The second-order valence-electron chi connectivity index (χ2n) is 6.36. The van der Waals surface area contributed by atoms with Crippen molar-refractivity contribution in [1.82, 2.24) is 15.1 Å². The first kappa shape index (κ1) is 15.7. The van der Waals surface area contributed by atoms with E-state index in [1.165, 1.54) is 0 Å². The van der Waals surface area contributed by atoms with Crippen molar-refractivity contribution in [3.8, 4) is 5.69 Å². The molecular weight excluding hydrogens is 288 g/mol. The fraction of sp³-hybridized carbons (Fsp3) is 0.444. The highest BCUT2D eigenvalue weighted by molar-refractivity contribution is 5.93. The third-order valence-corrected chi connectivity index (χ3v) is 4.53. The van der Waals surface area contributed by atoms with E-state index in [4.69, 9.17) is 0 Å². The molecule has 1 aromatic carbocycles. The number of aryl methyl sites for hydroxylation is 1. The summed E-state index contributed by atoms with van der Waals surface area (Å²) in [5.41, 5.74) is 3.65. The Morgan fingerprint density at radius 3 is 2.74 bits per heavy atom. The van der Waals surface area contributed by atoms with Gasteiger partial charge in [-0.05, 0) is 52.3 Å². The van der Waals surface area contributed by atoms with Crippen LogP contribution in [0.2, 0.25) is 0 Å². The molecular formula is C18H24N4O. The quantitative estimate of drug-likeness (QED) is 0.916. The number of amides is 1. The molecule has 23 heavy (non-hydrogen) atoms. The molecule has 5 nitrogen and oxygen atoms in total. The minimum atomic E-state index is 0.0742. The van der Waals surface area contributed by atoms with Gasteiger partial charge in [-0.2, -0.15) is 5.10 Å². The molecule has 122 valence electrons. The van der Waals surface area contributed by atoms with Crippen molar-refractivity contribution >= 4 is 11.6 Å². The zero-order valence-electron chi connectivity index (χ0n) is 14.0. The Kier molecular flexibility index (Phi) is 4.48. The van der Waals surface area contributed by atoms with Gasteiger partial charge in [-0.25, -0.2) is 4.68 Å². The van der Waals surface area contributed by atoms with Gasteiger partial charge in [0.1, 0.15) is 0 Å². The summed E-state index contributed by atoms with van der Waals surface area (Å²) in [6.45, 7) is 6.96. The first-order valence-electron chi connectivity index (χ1n) is 8.22. The largest absolute Gasteiger partial charge is 0.323 e. The number of para-hydroxylation sites is 1. The van der Waals surface area contributed by atoms with Gasteiger partial charge in [0, 0.05) is 12.0 Å². The van der Waals surface area contributed by atoms with Crippen molar-refractivity contribution in [3.05, 3.63) is 41.7 Å². The molecule has 2 aromatic rings. The normalized spacial score (nSPS) is 21.2. The minimum Gasteiger partial charge on any atom is -0.323 e. The van der Waals surface area contributed by atoms with E-state index in [0.717, 1.165) is 42.1 Å². The third kappa shape index (κ3) is 3.29. The maximum atomic E-state index is 12.6. The standard InChI is InChI=1S/C18H24N4O/c1-12-11-15(9-10-19-12)18(23)20-17-13(2)21-22(14(17)3)16-7-5-4-6-8-16/h4-8,12,15,19H,9-11H2,1-3H3,(H,20,23)/t12-,15-/m0/s1. The van der Waals surface area contributed by atoms with E-state index in [9.17, 15) is 4.79 Å². The van der Waals surface area contributed by atoms with Gasteiger partial charge in [0.05, 0.1) is 22.8 Å². The second kappa shape index (κ2) is 6.54. The number of rotatable bonds is 3. The first-order valence-corrected chi connectivity index (χ1v) is 8.22. The Morgan fingerprint density at radius 1 is 1.30 bits per heavy atom. The molecule has 5 heteroatoms. The highest BCUT2D eigenvalue weighted by atomic mass is 16.1. The van der Waals surface area contributed by atoms with Crippen molar-refractivity contribution < 1.29 is 4.79 Å². The lowest BCUT2D eigenvalue weighted by molar-refractivity contribution is -0.120. The van der Waals surface area contributed by atoms with E-state index < -0.39 is 0 Å². The Labute approximate surface area is 137 Å². The maximum Gasteiger partial charge on any atom is 0.227 e. The summed E-state index contributed by atoms with van der Waals surface area (Å²) in [5, 5.41) is 11.1. The van der Waals surface area contributed by atoms with Crippen LogP contribution in [0.15, 0.2) is 30.3 Å². The first-order chi connectivity index (χ1) is 11.1. The van der Waals surface area contributed by atoms with Gasteiger partial charge in [-0.15, -0.1) is 0 Å². The summed E-state index contributed by atoms with van der Waals surface area (Å²) < 4.78 is 1.88. The summed E-state index contributed by atoms with van der Waals surface area (Å²) in [7, 11) is 0. The molecule has 1 aromatic heterocycles. The van der Waals surface area contributed by atoms with Crippen LogP contribution >= 0.6 is 0 Å². The maximum absolute atomic E-state index is 12.6. The van der Waals surface area contributed by atoms with Crippen molar-refractivity contribution in [2.24, 2.45) is 5.92 Å². The summed E-state index contributed by atoms with van der Waals surface area (Å²) in [6, 6.07) is 10.4. The lowest BCUT2D eigenvalue weighted by Gasteiger charge is -2.27. The topological polar surface area (TPSA) is 59.0 Å². The average Bonchev–Trinajstić information content (AvgIpc) is 2.84. The van der Waals surface area contributed by atoms with Crippen LogP contribution in [0.5, 0.6) is 0 Å². The van der Waals surface area contributed by atoms with Crippen molar-refractivity contribution in [2.45, 2.75) is 39.7 Å². The monoisotopic (exact) mass is 312 g/mol. The molecule has 0 radical (unpaired) electrons. The molecule has 1 aliphatic heterocycles. The van der Waals surface area contributed by atoms with Crippen LogP contribution in [0.1, 0.15) is 31.2 Å². The number of piperidine rings is 1. The highest BCUT2D eigenvalue weighted by Crippen LogP contribution is 2.25. The van der Waals surface area contributed by atoms with Crippen LogP contribution in [-0.2, 0) is 4.79 Å². The molecule has 1 aliphatic rings. The number of nitrogens with zero attached hydrogens (tertiary/aromatic N) is 2. The Bertz CT molecular complexity index is 693. The van der Waals surface area contributed by atoms with Crippen LogP contribution in [0, 0.1) is 19.8 Å². The molecule has 0 bridgehead atoms. The fourth-order valence-corrected chi connectivity index (χ4v) is 3.24. The number of carbonyl (C=O) groups excluding carboxylic acids is 1. The van der Waals surface area contributed by atoms with Gasteiger partial charge in [0.25, 0.3) is 0 Å². The predicted molar refractivity (Wildman–Crippen MR) is 91.9 cm³/mol. The molecule has 2 N–H and O–H groups in total. The molecule has 3 rings (SSSR count). The molecule has 1 amide bonds. The lowest BCUT2D eigenvalue weighted by Crippen LogP contribution is -2.40. The number of benzene rings is 1. The van der Waals surface area contributed by atoms with Crippen LogP contribution in [0.4, 0.5) is 5.69 Å². The number of nitrogens with one attached hydrogen (secondary N) is 2. The van der Waals surface area contributed by atoms with Gasteiger partial charge < -0.3 is 10.6 Å². The Morgan fingerprint density at radius 2 is 2.04 bits per heavy atom. The molecule has 0 aliphatic carbocycles.